The maximum absolute atomic E-state index is 12.5. The molecule has 1 aromatic rings. The molecule has 4 N–H and O–H groups in total. The normalized spacial score (nSPS) is 12.4. The van der Waals surface area contributed by atoms with Crippen LogP contribution < -0.4 is 11.1 Å². The van der Waals surface area contributed by atoms with Gasteiger partial charge in [0.15, 0.2) is 0 Å². The van der Waals surface area contributed by atoms with Gasteiger partial charge in [0.25, 0.3) is 0 Å². The lowest BCUT2D eigenvalue weighted by Gasteiger charge is -2.14. The summed E-state index contributed by atoms with van der Waals surface area (Å²) in [5, 5.41) is 10.9. The Bertz CT molecular complexity index is 441. The number of hydrogen-bond donors (Lipinski definition) is 3. The molecule has 1 atom stereocenters. The molecule has 0 spiro atoms. The van der Waals surface area contributed by atoms with Crippen molar-refractivity contribution in [3.63, 3.8) is 0 Å². The van der Waals surface area contributed by atoms with Crippen molar-refractivity contribution < 1.29 is 23.1 Å². The summed E-state index contributed by atoms with van der Waals surface area (Å²) in [6.45, 7) is -0.112. The van der Waals surface area contributed by atoms with Crippen LogP contribution in [0.15, 0.2) is 24.3 Å². The van der Waals surface area contributed by atoms with E-state index in [9.17, 15) is 18.0 Å². The Morgan fingerprint density at radius 3 is 2.60 bits per heavy atom. The van der Waals surface area contributed by atoms with Gasteiger partial charge in [-0.05, 0) is 17.7 Å². The van der Waals surface area contributed by atoms with Crippen molar-refractivity contribution in [1.82, 2.24) is 5.32 Å². The topological polar surface area (TPSA) is 75.4 Å². The first-order valence-electron chi connectivity index (χ1n) is 5.65. The van der Waals surface area contributed by atoms with Gasteiger partial charge in [-0.2, -0.15) is 13.2 Å². The number of rotatable bonds is 5. The van der Waals surface area contributed by atoms with E-state index in [1.54, 1.807) is 0 Å². The third kappa shape index (κ3) is 5.77. The van der Waals surface area contributed by atoms with Gasteiger partial charge in [-0.15, -0.1) is 12.4 Å². The lowest BCUT2D eigenvalue weighted by Crippen LogP contribution is -2.29. The highest BCUT2D eigenvalue weighted by molar-refractivity contribution is 5.85. The van der Waals surface area contributed by atoms with Gasteiger partial charge in [0, 0.05) is 19.0 Å². The van der Waals surface area contributed by atoms with Crippen LogP contribution in [0, 0.1) is 0 Å². The van der Waals surface area contributed by atoms with E-state index in [0.29, 0.717) is 0 Å². The number of carbonyl (C=O) groups excluding carboxylic acids is 1. The van der Waals surface area contributed by atoms with Crippen LogP contribution in [0.2, 0.25) is 0 Å². The minimum Gasteiger partial charge on any atom is -0.395 e. The van der Waals surface area contributed by atoms with Gasteiger partial charge < -0.3 is 16.2 Å². The summed E-state index contributed by atoms with van der Waals surface area (Å²) >= 11 is 0. The molecule has 0 saturated carbocycles. The predicted octanol–water partition coefficient (Wildman–Crippen LogP) is 1.63. The van der Waals surface area contributed by atoms with E-state index in [1.807, 2.05) is 0 Å². The van der Waals surface area contributed by atoms with Crippen LogP contribution >= 0.6 is 12.4 Å². The van der Waals surface area contributed by atoms with Gasteiger partial charge in [-0.25, -0.2) is 0 Å². The van der Waals surface area contributed by atoms with E-state index in [2.05, 4.69) is 5.32 Å². The van der Waals surface area contributed by atoms with Gasteiger partial charge in [0.05, 0.1) is 12.2 Å². The van der Waals surface area contributed by atoms with Crippen molar-refractivity contribution in [3.8, 4) is 0 Å². The fourth-order valence-corrected chi connectivity index (χ4v) is 1.53. The van der Waals surface area contributed by atoms with Crippen LogP contribution in [-0.2, 0) is 11.0 Å². The van der Waals surface area contributed by atoms with Crippen molar-refractivity contribution in [2.24, 2.45) is 5.73 Å². The molecule has 0 radical (unpaired) electrons. The number of hydrogen-bond acceptors (Lipinski definition) is 3. The predicted molar refractivity (Wildman–Crippen MR) is 70.3 cm³/mol. The van der Waals surface area contributed by atoms with Gasteiger partial charge >= 0.3 is 6.18 Å². The molecule has 0 fully saturated rings. The molecule has 1 amide bonds. The SMILES string of the molecule is Cl.N[C@@H](CC(=O)NCCO)c1cccc(C(F)(F)F)c1. The zero-order valence-electron chi connectivity index (χ0n) is 10.5. The molecular formula is C12H16ClF3N2O2. The Balaban J connectivity index is 0.00000361. The molecule has 1 aromatic carbocycles. The molecule has 0 aliphatic rings. The first-order chi connectivity index (χ1) is 8.84. The fourth-order valence-electron chi connectivity index (χ4n) is 1.53. The van der Waals surface area contributed by atoms with E-state index in [0.717, 1.165) is 12.1 Å². The maximum Gasteiger partial charge on any atom is 0.416 e. The van der Waals surface area contributed by atoms with Gasteiger partial charge in [-0.1, -0.05) is 12.1 Å². The molecule has 0 aliphatic heterocycles. The monoisotopic (exact) mass is 312 g/mol. The number of halogens is 4. The summed E-state index contributed by atoms with van der Waals surface area (Å²) in [4.78, 5) is 11.3. The number of nitrogens with one attached hydrogen (secondary N) is 1. The molecule has 20 heavy (non-hydrogen) atoms. The average Bonchev–Trinajstić information content (AvgIpc) is 2.35. The summed E-state index contributed by atoms with van der Waals surface area (Å²) in [6, 6.07) is 3.76. The lowest BCUT2D eigenvalue weighted by molar-refractivity contribution is -0.137. The number of nitrogens with two attached hydrogens (primary N) is 1. The Labute approximate surface area is 120 Å². The zero-order valence-corrected chi connectivity index (χ0v) is 11.3. The maximum atomic E-state index is 12.5. The lowest BCUT2D eigenvalue weighted by atomic mass is 10.0. The van der Waals surface area contributed by atoms with Crippen LogP contribution in [0.4, 0.5) is 13.2 Å². The quantitative estimate of drug-likeness (QED) is 0.773. The van der Waals surface area contributed by atoms with E-state index in [4.69, 9.17) is 10.8 Å². The van der Waals surface area contributed by atoms with Crippen molar-refractivity contribution in [3.05, 3.63) is 35.4 Å². The van der Waals surface area contributed by atoms with E-state index >= 15 is 0 Å². The van der Waals surface area contributed by atoms with Crippen LogP contribution in [0.5, 0.6) is 0 Å². The first kappa shape index (κ1) is 18.7. The smallest absolute Gasteiger partial charge is 0.395 e. The van der Waals surface area contributed by atoms with Crippen molar-refractivity contribution >= 4 is 18.3 Å². The van der Waals surface area contributed by atoms with Crippen LogP contribution in [0.25, 0.3) is 0 Å². The summed E-state index contributed by atoms with van der Waals surface area (Å²) in [6.07, 6.45) is -4.57. The highest BCUT2D eigenvalue weighted by Gasteiger charge is 2.30. The molecular weight excluding hydrogens is 297 g/mol. The largest absolute Gasteiger partial charge is 0.416 e. The van der Waals surface area contributed by atoms with E-state index in [-0.39, 0.29) is 37.5 Å². The van der Waals surface area contributed by atoms with Gasteiger partial charge in [0.1, 0.15) is 0 Å². The number of amides is 1. The van der Waals surface area contributed by atoms with Crippen LogP contribution in [-0.4, -0.2) is 24.2 Å². The standard InChI is InChI=1S/C12H15F3N2O2.ClH/c13-12(14,15)9-3-1-2-8(6-9)10(16)7-11(19)17-4-5-18;/h1-3,6,10,18H,4-5,7,16H2,(H,17,19);1H/t10-;/m0./s1. The van der Waals surface area contributed by atoms with Crippen molar-refractivity contribution in [1.29, 1.82) is 0 Å². The highest BCUT2D eigenvalue weighted by atomic mass is 35.5. The Hall–Kier alpha value is -1.31. The second-order valence-corrected chi connectivity index (χ2v) is 4.01. The number of aliphatic hydroxyl groups is 1. The van der Waals surface area contributed by atoms with E-state index in [1.165, 1.54) is 12.1 Å². The molecule has 1 rings (SSSR count). The number of carbonyl (C=O) groups is 1. The highest BCUT2D eigenvalue weighted by Crippen LogP contribution is 2.30. The third-order valence-electron chi connectivity index (χ3n) is 2.48. The third-order valence-corrected chi connectivity index (χ3v) is 2.48. The second kappa shape index (κ2) is 8.08. The molecule has 8 heteroatoms. The second-order valence-electron chi connectivity index (χ2n) is 4.01. The molecule has 0 saturated heterocycles. The molecule has 0 heterocycles. The average molecular weight is 313 g/mol. The van der Waals surface area contributed by atoms with Gasteiger partial charge in [-0.3, -0.25) is 4.79 Å². The Kier molecular flexibility index (Phi) is 7.55. The van der Waals surface area contributed by atoms with Crippen LogP contribution in [0.1, 0.15) is 23.6 Å². The molecule has 0 aliphatic carbocycles. The molecule has 114 valence electrons. The minimum absolute atomic E-state index is 0. The molecule has 0 bridgehead atoms. The summed E-state index contributed by atoms with van der Waals surface area (Å²) in [7, 11) is 0. The first-order valence-corrected chi connectivity index (χ1v) is 5.65. The number of benzene rings is 1. The minimum atomic E-state index is -4.44. The van der Waals surface area contributed by atoms with E-state index < -0.39 is 23.7 Å². The number of alkyl halides is 3. The van der Waals surface area contributed by atoms with Crippen molar-refractivity contribution in [2.75, 3.05) is 13.2 Å². The molecule has 0 aromatic heterocycles. The van der Waals surface area contributed by atoms with Crippen molar-refractivity contribution in [2.45, 2.75) is 18.6 Å². The van der Waals surface area contributed by atoms with Crippen LogP contribution in [0.3, 0.4) is 0 Å². The summed E-state index contributed by atoms with van der Waals surface area (Å²) in [5.41, 5.74) is 5.14. The molecule has 0 unspecified atom stereocenters. The van der Waals surface area contributed by atoms with Gasteiger partial charge in [0.2, 0.25) is 5.91 Å². The zero-order chi connectivity index (χ0) is 14.5. The number of aliphatic hydroxyl groups excluding tert-OH is 1. The summed E-state index contributed by atoms with van der Waals surface area (Å²) < 4.78 is 37.5. The Morgan fingerprint density at radius 2 is 2.05 bits per heavy atom. The Morgan fingerprint density at radius 1 is 1.40 bits per heavy atom. The molecule has 4 nitrogen and oxygen atoms in total. The summed E-state index contributed by atoms with van der Waals surface area (Å²) in [5.74, 6) is -0.418. The fraction of sp³-hybridized carbons (Fsp3) is 0.417.